The van der Waals surface area contributed by atoms with E-state index in [0.29, 0.717) is 6.54 Å². The topological polar surface area (TPSA) is 58.4 Å². The zero-order valence-electron chi connectivity index (χ0n) is 9.18. The van der Waals surface area contributed by atoms with Crippen molar-refractivity contribution in [2.45, 2.75) is 26.7 Å². The molecule has 0 atom stereocenters. The molecule has 0 spiro atoms. The molecule has 0 aromatic heterocycles. The lowest BCUT2D eigenvalue weighted by atomic mass is 10.1. The summed E-state index contributed by atoms with van der Waals surface area (Å²) >= 11 is 0. The normalized spacial score (nSPS) is 17.6. The van der Waals surface area contributed by atoms with Crippen molar-refractivity contribution in [3.8, 4) is 0 Å². The Bertz CT molecular complexity index is 198. The average Bonchev–Trinajstić information content (AvgIpc) is 2.97. The van der Waals surface area contributed by atoms with Crippen molar-refractivity contribution in [3.05, 3.63) is 0 Å². The predicted molar refractivity (Wildman–Crippen MR) is 57.0 cm³/mol. The highest BCUT2D eigenvalue weighted by molar-refractivity contribution is 5.74. The Morgan fingerprint density at radius 3 is 2.36 bits per heavy atom. The fraction of sp³-hybridized carbons (Fsp3) is 0.900. The summed E-state index contributed by atoms with van der Waals surface area (Å²) in [7, 11) is 0. The summed E-state index contributed by atoms with van der Waals surface area (Å²) in [5.74, 6) is 0. The van der Waals surface area contributed by atoms with Crippen molar-refractivity contribution < 1.29 is 4.79 Å². The highest BCUT2D eigenvalue weighted by Crippen LogP contribution is 2.43. The molecule has 82 valence electrons. The first kappa shape index (κ1) is 11.3. The lowest BCUT2D eigenvalue weighted by Gasteiger charge is -2.21. The quantitative estimate of drug-likeness (QED) is 0.687. The Morgan fingerprint density at radius 1 is 1.43 bits per heavy atom. The number of carbonyl (C=O) groups is 1. The van der Waals surface area contributed by atoms with Crippen LogP contribution < -0.4 is 11.1 Å². The van der Waals surface area contributed by atoms with Gasteiger partial charge in [-0.25, -0.2) is 4.79 Å². The molecule has 0 aliphatic heterocycles. The second-order valence-electron chi connectivity index (χ2n) is 4.04. The summed E-state index contributed by atoms with van der Waals surface area (Å²) in [6.45, 7) is 6.91. The lowest BCUT2D eigenvalue weighted by molar-refractivity contribution is 0.200. The molecule has 0 bridgehead atoms. The molecule has 4 nitrogen and oxygen atoms in total. The summed E-state index contributed by atoms with van der Waals surface area (Å²) in [6.07, 6.45) is 2.31. The molecule has 1 saturated carbocycles. The molecule has 1 rings (SSSR count). The average molecular weight is 199 g/mol. The van der Waals surface area contributed by atoms with Crippen LogP contribution in [0.5, 0.6) is 0 Å². The molecule has 1 aliphatic rings. The molecule has 1 aliphatic carbocycles. The van der Waals surface area contributed by atoms with Gasteiger partial charge in [-0.3, -0.25) is 0 Å². The van der Waals surface area contributed by atoms with E-state index < -0.39 is 0 Å². The molecule has 0 heterocycles. The molecule has 14 heavy (non-hydrogen) atoms. The van der Waals surface area contributed by atoms with Crippen LogP contribution >= 0.6 is 0 Å². The third kappa shape index (κ3) is 2.61. The van der Waals surface area contributed by atoms with Crippen LogP contribution in [-0.2, 0) is 0 Å². The maximum Gasteiger partial charge on any atom is 0.317 e. The van der Waals surface area contributed by atoms with Crippen LogP contribution in [0.1, 0.15) is 26.7 Å². The number of carbonyl (C=O) groups excluding carboxylic acids is 1. The Balaban J connectivity index is 2.27. The summed E-state index contributed by atoms with van der Waals surface area (Å²) in [5, 5.41) is 2.95. The molecule has 0 radical (unpaired) electrons. The molecular formula is C10H21N3O. The van der Waals surface area contributed by atoms with Crippen molar-refractivity contribution in [1.82, 2.24) is 10.2 Å². The maximum absolute atomic E-state index is 11.6. The summed E-state index contributed by atoms with van der Waals surface area (Å²) in [4.78, 5) is 13.4. The molecule has 1 fully saturated rings. The number of nitrogens with one attached hydrogen (secondary N) is 1. The first-order valence-corrected chi connectivity index (χ1v) is 5.40. The third-order valence-corrected chi connectivity index (χ3v) is 3.06. The first-order chi connectivity index (χ1) is 6.67. The predicted octanol–water partition coefficient (Wildman–Crippen LogP) is 0.777. The van der Waals surface area contributed by atoms with Crippen LogP contribution in [0, 0.1) is 5.41 Å². The van der Waals surface area contributed by atoms with E-state index in [1.54, 1.807) is 4.90 Å². The molecule has 3 N–H and O–H groups in total. The Morgan fingerprint density at radius 2 is 2.00 bits per heavy atom. The third-order valence-electron chi connectivity index (χ3n) is 3.06. The standard InChI is InChI=1S/C10H21N3O/c1-3-13(4-2)9(14)12-8-10(7-11)5-6-10/h3-8,11H2,1-2H3,(H,12,14). The van der Waals surface area contributed by atoms with Crippen molar-refractivity contribution in [2.75, 3.05) is 26.2 Å². The Kier molecular flexibility index (Phi) is 3.75. The fourth-order valence-corrected chi connectivity index (χ4v) is 1.52. The van der Waals surface area contributed by atoms with Gasteiger partial charge in [0, 0.05) is 25.0 Å². The highest BCUT2D eigenvalue weighted by atomic mass is 16.2. The molecule has 2 amide bonds. The van der Waals surface area contributed by atoms with Crippen molar-refractivity contribution in [3.63, 3.8) is 0 Å². The van der Waals surface area contributed by atoms with Crippen LogP contribution in [0.25, 0.3) is 0 Å². The van der Waals surface area contributed by atoms with E-state index in [-0.39, 0.29) is 11.4 Å². The minimum Gasteiger partial charge on any atom is -0.337 e. The minimum atomic E-state index is 0.0368. The second kappa shape index (κ2) is 4.64. The van der Waals surface area contributed by atoms with Gasteiger partial charge in [0.25, 0.3) is 0 Å². The number of hydrogen-bond acceptors (Lipinski definition) is 2. The van der Waals surface area contributed by atoms with Gasteiger partial charge >= 0.3 is 6.03 Å². The molecular weight excluding hydrogens is 178 g/mol. The second-order valence-corrected chi connectivity index (χ2v) is 4.04. The number of rotatable bonds is 5. The number of hydrogen-bond donors (Lipinski definition) is 2. The first-order valence-electron chi connectivity index (χ1n) is 5.40. The van der Waals surface area contributed by atoms with Gasteiger partial charge < -0.3 is 16.0 Å². The van der Waals surface area contributed by atoms with Gasteiger partial charge in [0.2, 0.25) is 0 Å². The molecule has 0 saturated heterocycles. The number of amides is 2. The maximum atomic E-state index is 11.6. The fourth-order valence-electron chi connectivity index (χ4n) is 1.52. The van der Waals surface area contributed by atoms with E-state index >= 15 is 0 Å². The smallest absolute Gasteiger partial charge is 0.317 e. The summed E-state index contributed by atoms with van der Waals surface area (Å²) in [6, 6.07) is 0.0368. The highest BCUT2D eigenvalue weighted by Gasteiger charge is 2.41. The number of nitrogens with zero attached hydrogens (tertiary/aromatic N) is 1. The van der Waals surface area contributed by atoms with Crippen molar-refractivity contribution in [2.24, 2.45) is 11.1 Å². The molecule has 0 aromatic carbocycles. The van der Waals surface area contributed by atoms with E-state index in [9.17, 15) is 4.79 Å². The zero-order valence-corrected chi connectivity index (χ0v) is 9.18. The van der Waals surface area contributed by atoms with Crippen LogP contribution in [0.3, 0.4) is 0 Å². The van der Waals surface area contributed by atoms with Crippen LogP contribution in [0.2, 0.25) is 0 Å². The molecule has 0 aromatic rings. The SMILES string of the molecule is CCN(CC)C(=O)NCC1(CN)CC1. The Hall–Kier alpha value is -0.770. The summed E-state index contributed by atoms with van der Waals surface area (Å²) < 4.78 is 0. The van der Waals surface area contributed by atoms with Gasteiger partial charge in [0.15, 0.2) is 0 Å². The van der Waals surface area contributed by atoms with Gasteiger partial charge in [-0.05, 0) is 33.2 Å². The van der Waals surface area contributed by atoms with E-state index in [1.165, 1.54) is 0 Å². The zero-order chi connectivity index (χ0) is 10.6. The van der Waals surface area contributed by atoms with Crippen LogP contribution in [0.15, 0.2) is 0 Å². The Labute approximate surface area is 85.8 Å². The largest absolute Gasteiger partial charge is 0.337 e. The lowest BCUT2D eigenvalue weighted by Crippen LogP contribution is -2.43. The van der Waals surface area contributed by atoms with Gasteiger partial charge in [-0.1, -0.05) is 0 Å². The van der Waals surface area contributed by atoms with Crippen LogP contribution in [0.4, 0.5) is 4.79 Å². The van der Waals surface area contributed by atoms with Crippen LogP contribution in [-0.4, -0.2) is 37.1 Å². The summed E-state index contributed by atoms with van der Waals surface area (Å²) in [5.41, 5.74) is 5.86. The van der Waals surface area contributed by atoms with Gasteiger partial charge in [0.05, 0.1) is 0 Å². The van der Waals surface area contributed by atoms with E-state index in [4.69, 9.17) is 5.73 Å². The number of urea groups is 1. The molecule has 0 unspecified atom stereocenters. The number of nitrogens with two attached hydrogens (primary N) is 1. The van der Waals surface area contributed by atoms with E-state index in [2.05, 4.69) is 5.32 Å². The van der Waals surface area contributed by atoms with Gasteiger partial charge in [0.1, 0.15) is 0 Å². The van der Waals surface area contributed by atoms with Gasteiger partial charge in [-0.2, -0.15) is 0 Å². The van der Waals surface area contributed by atoms with Crippen molar-refractivity contribution in [1.29, 1.82) is 0 Å². The van der Waals surface area contributed by atoms with E-state index in [1.807, 2.05) is 13.8 Å². The van der Waals surface area contributed by atoms with Crippen molar-refractivity contribution >= 4 is 6.03 Å². The monoisotopic (exact) mass is 199 g/mol. The van der Waals surface area contributed by atoms with E-state index in [0.717, 1.165) is 32.5 Å². The minimum absolute atomic E-state index is 0.0368. The van der Waals surface area contributed by atoms with Gasteiger partial charge in [-0.15, -0.1) is 0 Å². The molecule has 4 heteroatoms.